The van der Waals surface area contributed by atoms with Crippen LogP contribution in [0, 0.1) is 29.1 Å². The number of fused-ring (bicyclic) bond motifs is 2. The van der Waals surface area contributed by atoms with Gasteiger partial charge in [-0.2, -0.15) is 0 Å². The van der Waals surface area contributed by atoms with Crippen LogP contribution < -0.4 is 0 Å². The summed E-state index contributed by atoms with van der Waals surface area (Å²) < 4.78 is 11.4. The fraction of sp³-hybridized carbons (Fsp3) is 0.857. The minimum atomic E-state index is -1.46. The maximum atomic E-state index is 11.9. The summed E-state index contributed by atoms with van der Waals surface area (Å²) in [6.07, 6.45) is -3.38. The molecule has 3 rings (SSSR count). The standard InChI is InChI=1S/C21H34O7/c1-10(2)12-5-6-21(4)11(3)13(7-22)16(12)14(21)9-27-20-19(26)18(25)17(24)15(8-23)28-20/h7,10,12,14-20,23-26H,5-6,8-9H2,1-4H3/t12-,14+,15-,16-,17-,18+,19-,20-,21+/m1/s1. The molecule has 4 N–H and O–H groups in total. The lowest BCUT2D eigenvalue weighted by Crippen LogP contribution is -2.59. The number of aliphatic hydroxyl groups is 4. The molecule has 1 saturated heterocycles. The Bertz CT molecular complexity index is 616. The zero-order valence-corrected chi connectivity index (χ0v) is 17.1. The van der Waals surface area contributed by atoms with Gasteiger partial charge in [-0.3, -0.25) is 4.79 Å². The molecule has 2 fully saturated rings. The molecule has 1 heterocycles. The maximum absolute atomic E-state index is 11.9. The van der Waals surface area contributed by atoms with Crippen molar-refractivity contribution < 1.29 is 34.7 Å². The Labute approximate surface area is 166 Å². The highest BCUT2D eigenvalue weighted by Gasteiger charge is 2.55. The molecule has 7 nitrogen and oxygen atoms in total. The Morgan fingerprint density at radius 2 is 1.93 bits per heavy atom. The van der Waals surface area contributed by atoms with E-state index in [2.05, 4.69) is 20.8 Å². The van der Waals surface area contributed by atoms with Crippen molar-refractivity contribution in [1.82, 2.24) is 0 Å². The highest BCUT2D eigenvalue weighted by Crippen LogP contribution is 2.61. The Hall–Kier alpha value is -0.830. The van der Waals surface area contributed by atoms with Crippen molar-refractivity contribution in [3.63, 3.8) is 0 Å². The average Bonchev–Trinajstić information content (AvgIpc) is 2.79. The molecule has 9 atom stereocenters. The maximum Gasteiger partial charge on any atom is 0.186 e. The summed E-state index contributed by atoms with van der Waals surface area (Å²) in [5.41, 5.74) is 1.85. The summed E-state index contributed by atoms with van der Waals surface area (Å²) in [7, 11) is 0. The van der Waals surface area contributed by atoms with E-state index in [-0.39, 0.29) is 23.9 Å². The molecule has 2 aliphatic carbocycles. The molecule has 0 radical (unpaired) electrons. The van der Waals surface area contributed by atoms with Gasteiger partial charge in [-0.1, -0.05) is 26.3 Å². The lowest BCUT2D eigenvalue weighted by Gasteiger charge is -2.47. The van der Waals surface area contributed by atoms with Crippen molar-refractivity contribution in [1.29, 1.82) is 0 Å². The fourth-order valence-electron chi connectivity index (χ4n) is 5.63. The molecule has 0 aromatic carbocycles. The van der Waals surface area contributed by atoms with Crippen molar-refractivity contribution in [3.05, 3.63) is 11.1 Å². The third-order valence-electron chi connectivity index (χ3n) is 7.63. The van der Waals surface area contributed by atoms with Gasteiger partial charge in [0.1, 0.15) is 30.7 Å². The van der Waals surface area contributed by atoms with E-state index in [4.69, 9.17) is 9.47 Å². The largest absolute Gasteiger partial charge is 0.394 e. The van der Waals surface area contributed by atoms with Gasteiger partial charge in [0, 0.05) is 0 Å². The van der Waals surface area contributed by atoms with Crippen LogP contribution in [0.4, 0.5) is 0 Å². The number of ether oxygens (including phenoxy) is 2. The number of carbonyl (C=O) groups is 1. The number of rotatable bonds is 6. The molecule has 0 aromatic rings. The monoisotopic (exact) mass is 398 g/mol. The smallest absolute Gasteiger partial charge is 0.186 e. The van der Waals surface area contributed by atoms with Crippen LogP contribution in [0.25, 0.3) is 0 Å². The van der Waals surface area contributed by atoms with E-state index in [1.165, 1.54) is 0 Å². The third-order valence-corrected chi connectivity index (χ3v) is 7.63. The normalized spacial score (nSPS) is 46.3. The van der Waals surface area contributed by atoms with Gasteiger partial charge >= 0.3 is 0 Å². The SMILES string of the molecule is CC1=C(C=O)[C@H]2[C@@H](C(C)C)CC[C@]1(C)[C@H]2CO[C@@H]1O[C@H](CO)[C@@H](O)[C@H](O)[C@H]1O. The molecule has 28 heavy (non-hydrogen) atoms. The van der Waals surface area contributed by atoms with Gasteiger partial charge in [-0.05, 0) is 54.4 Å². The molecule has 1 aliphatic heterocycles. The third kappa shape index (κ3) is 3.36. The first-order valence-electron chi connectivity index (χ1n) is 10.3. The van der Waals surface area contributed by atoms with Crippen LogP contribution in [-0.4, -0.2) is 70.6 Å². The number of hydrogen-bond acceptors (Lipinski definition) is 7. The first kappa shape index (κ1) is 21.9. The first-order chi connectivity index (χ1) is 13.2. The van der Waals surface area contributed by atoms with Crippen LogP contribution >= 0.6 is 0 Å². The molecule has 0 amide bonds. The summed E-state index contributed by atoms with van der Waals surface area (Å²) >= 11 is 0. The second-order valence-corrected chi connectivity index (χ2v) is 9.23. The van der Waals surface area contributed by atoms with Crippen LogP contribution in [0.3, 0.4) is 0 Å². The van der Waals surface area contributed by atoms with Gasteiger partial charge in [0.25, 0.3) is 0 Å². The Morgan fingerprint density at radius 1 is 1.25 bits per heavy atom. The molecular weight excluding hydrogens is 364 g/mol. The molecule has 7 heteroatoms. The van der Waals surface area contributed by atoms with E-state index in [1.54, 1.807) is 0 Å². The Balaban J connectivity index is 1.79. The highest BCUT2D eigenvalue weighted by atomic mass is 16.7. The topological polar surface area (TPSA) is 116 Å². The highest BCUT2D eigenvalue weighted by molar-refractivity contribution is 5.77. The number of aliphatic hydroxyl groups excluding tert-OH is 4. The van der Waals surface area contributed by atoms with Crippen molar-refractivity contribution in [2.45, 2.75) is 71.2 Å². The van der Waals surface area contributed by atoms with Gasteiger partial charge in [0.2, 0.25) is 0 Å². The second kappa shape index (κ2) is 8.13. The van der Waals surface area contributed by atoms with Gasteiger partial charge in [-0.25, -0.2) is 0 Å². The van der Waals surface area contributed by atoms with Gasteiger partial charge < -0.3 is 29.9 Å². The van der Waals surface area contributed by atoms with Gasteiger partial charge in [-0.15, -0.1) is 0 Å². The molecule has 0 spiro atoms. The minimum Gasteiger partial charge on any atom is -0.394 e. The number of hydrogen-bond donors (Lipinski definition) is 4. The summed E-state index contributed by atoms with van der Waals surface area (Å²) in [4.78, 5) is 11.9. The average molecular weight is 398 g/mol. The minimum absolute atomic E-state index is 0.0706. The van der Waals surface area contributed by atoms with Crippen LogP contribution in [0.1, 0.15) is 40.5 Å². The van der Waals surface area contributed by atoms with E-state index in [0.717, 1.165) is 30.3 Å². The van der Waals surface area contributed by atoms with E-state index < -0.39 is 37.3 Å². The van der Waals surface area contributed by atoms with Crippen molar-refractivity contribution in [2.75, 3.05) is 13.2 Å². The quantitative estimate of drug-likeness (QED) is 0.485. The summed E-state index contributed by atoms with van der Waals surface area (Å²) in [5, 5.41) is 39.5. The van der Waals surface area contributed by atoms with E-state index in [9.17, 15) is 25.2 Å². The van der Waals surface area contributed by atoms with Crippen LogP contribution in [0.2, 0.25) is 0 Å². The molecular formula is C21H34O7. The molecule has 2 bridgehead atoms. The lowest BCUT2D eigenvalue weighted by atomic mass is 9.60. The zero-order chi connectivity index (χ0) is 20.8. The van der Waals surface area contributed by atoms with Crippen molar-refractivity contribution in [2.24, 2.45) is 29.1 Å². The van der Waals surface area contributed by atoms with Gasteiger partial charge in [0.05, 0.1) is 13.2 Å². The van der Waals surface area contributed by atoms with E-state index in [1.807, 2.05) is 6.92 Å². The second-order valence-electron chi connectivity index (χ2n) is 9.23. The number of carbonyl (C=O) groups excluding carboxylic acids is 1. The predicted octanol–water partition coefficient (Wildman–Crippen LogP) is 0.637. The number of allylic oxidation sites excluding steroid dienone is 2. The Kier molecular flexibility index (Phi) is 6.35. The molecule has 0 aromatic heterocycles. The van der Waals surface area contributed by atoms with Crippen molar-refractivity contribution in [3.8, 4) is 0 Å². The number of aldehydes is 1. The predicted molar refractivity (Wildman–Crippen MR) is 101 cm³/mol. The summed E-state index contributed by atoms with van der Waals surface area (Å²) in [6.45, 7) is 8.34. The summed E-state index contributed by atoms with van der Waals surface area (Å²) in [6, 6.07) is 0. The Morgan fingerprint density at radius 3 is 2.50 bits per heavy atom. The van der Waals surface area contributed by atoms with Crippen LogP contribution in [0.15, 0.2) is 11.1 Å². The summed E-state index contributed by atoms with van der Waals surface area (Å²) in [5.74, 6) is 0.988. The first-order valence-corrected chi connectivity index (χ1v) is 10.3. The van der Waals surface area contributed by atoms with Crippen LogP contribution in [-0.2, 0) is 14.3 Å². The zero-order valence-electron chi connectivity index (χ0n) is 17.1. The molecule has 1 saturated carbocycles. The van der Waals surface area contributed by atoms with Crippen molar-refractivity contribution >= 4 is 6.29 Å². The molecule has 3 aliphatic rings. The van der Waals surface area contributed by atoms with E-state index >= 15 is 0 Å². The molecule has 160 valence electrons. The van der Waals surface area contributed by atoms with E-state index in [0.29, 0.717) is 11.8 Å². The van der Waals surface area contributed by atoms with Gasteiger partial charge in [0.15, 0.2) is 6.29 Å². The fourth-order valence-corrected chi connectivity index (χ4v) is 5.63. The molecule has 0 unspecified atom stereocenters. The lowest BCUT2D eigenvalue weighted by molar-refractivity contribution is -0.305. The van der Waals surface area contributed by atoms with Crippen LogP contribution in [0.5, 0.6) is 0 Å².